The predicted molar refractivity (Wildman–Crippen MR) is 239 cm³/mol. The van der Waals surface area contributed by atoms with Crippen molar-refractivity contribution in [3.05, 3.63) is 172 Å². The number of oxime groups is 1. The molecule has 13 nitrogen and oxygen atoms in total. The lowest BCUT2D eigenvalue weighted by Gasteiger charge is -2.49. The lowest BCUT2D eigenvalue weighted by molar-refractivity contribution is -1.06. The molecule has 0 saturated carbocycles. The number of nitrogens with one attached hydrogen (secondary N) is 2. The molecule has 2 N–H and O–H groups in total. The van der Waals surface area contributed by atoms with E-state index in [-0.39, 0.29) is 53.8 Å². The van der Waals surface area contributed by atoms with Gasteiger partial charge in [-0.3, -0.25) is 14.5 Å². The van der Waals surface area contributed by atoms with Gasteiger partial charge in [-0.2, -0.15) is 9.48 Å². The highest BCUT2D eigenvalue weighted by atomic mass is 127. The predicted octanol–water partition coefficient (Wildman–Crippen LogP) is 3.94. The first-order chi connectivity index (χ1) is 30.6. The van der Waals surface area contributed by atoms with E-state index in [0.29, 0.717) is 26.9 Å². The van der Waals surface area contributed by atoms with Crippen LogP contribution in [0.4, 0.5) is 9.52 Å². The first-order valence-electron chi connectivity index (χ1n) is 20.2. The number of benzene rings is 4. The Labute approximate surface area is 395 Å². The molecular weight excluding hydrogens is 971 g/mol. The molecule has 0 radical (unpaired) electrons. The summed E-state index contributed by atoms with van der Waals surface area (Å²) >= 11 is 2.61. The van der Waals surface area contributed by atoms with E-state index in [9.17, 15) is 18.8 Å². The summed E-state index contributed by atoms with van der Waals surface area (Å²) in [5.74, 6) is -1.01. The molecule has 8 rings (SSSR count). The summed E-state index contributed by atoms with van der Waals surface area (Å²) in [6.07, 6.45) is 4.33. The zero-order valence-electron chi connectivity index (χ0n) is 35.2. The molecule has 4 heterocycles. The summed E-state index contributed by atoms with van der Waals surface area (Å²) in [6.45, 7) is -0.516. The molecule has 1 aromatic heterocycles. The van der Waals surface area contributed by atoms with E-state index >= 15 is 0 Å². The number of allylic oxidation sites excluding steroid dienone is 1. The van der Waals surface area contributed by atoms with Gasteiger partial charge >= 0.3 is 5.97 Å². The molecule has 4 aromatic carbocycles. The lowest BCUT2D eigenvalue weighted by Crippen LogP contribution is -3.00. The second-order valence-corrected chi connectivity index (χ2v) is 17.4. The van der Waals surface area contributed by atoms with E-state index in [0.717, 1.165) is 35.2 Å². The molecule has 0 bridgehead atoms. The van der Waals surface area contributed by atoms with Gasteiger partial charge in [0.2, 0.25) is 0 Å². The third-order valence-electron chi connectivity index (χ3n) is 11.0. The number of esters is 1. The Morgan fingerprint density at radius 1 is 0.969 bits per heavy atom. The number of alkyl halides is 1. The number of thiazole rings is 1. The molecule has 3 aliphatic rings. The third kappa shape index (κ3) is 9.87. The summed E-state index contributed by atoms with van der Waals surface area (Å²) in [7, 11) is 5.52. The van der Waals surface area contributed by atoms with E-state index in [2.05, 4.69) is 15.8 Å². The second-order valence-electron chi connectivity index (χ2n) is 15.4. The first-order valence-corrected chi connectivity index (χ1v) is 22.2. The van der Waals surface area contributed by atoms with Crippen molar-refractivity contribution in [2.45, 2.75) is 36.1 Å². The Balaban J connectivity index is 0.00000612. The normalized spacial score (nSPS) is 19.3. The van der Waals surface area contributed by atoms with Gasteiger partial charge in [0.15, 0.2) is 10.8 Å². The van der Waals surface area contributed by atoms with Crippen molar-refractivity contribution in [3.63, 3.8) is 0 Å². The van der Waals surface area contributed by atoms with Crippen LogP contribution in [0.2, 0.25) is 0 Å². The smallest absolute Gasteiger partial charge is 0.355 e. The molecule has 3 atom stereocenters. The summed E-state index contributed by atoms with van der Waals surface area (Å²) in [4.78, 5) is 59.1. The van der Waals surface area contributed by atoms with Gasteiger partial charge in [-0.15, -0.1) is 23.1 Å². The maximum atomic E-state index is 14.1. The highest BCUT2D eigenvalue weighted by Crippen LogP contribution is 2.43. The number of hydroxylamine groups is 3. The zero-order chi connectivity index (χ0) is 44.0. The number of amides is 2. The number of thioether (sulfide) groups is 1. The Morgan fingerprint density at radius 3 is 2.16 bits per heavy atom. The van der Waals surface area contributed by atoms with Crippen LogP contribution >= 0.6 is 23.1 Å². The molecular formula is C47H46FIN6O7S2. The Morgan fingerprint density at radius 2 is 1.59 bits per heavy atom. The lowest BCUT2D eigenvalue weighted by atomic mass is 9.77. The zero-order valence-corrected chi connectivity index (χ0v) is 39.0. The number of aromatic nitrogens is 1. The minimum atomic E-state index is -1.30. The molecule has 64 heavy (non-hydrogen) atoms. The van der Waals surface area contributed by atoms with Crippen LogP contribution in [0.5, 0.6) is 5.75 Å². The van der Waals surface area contributed by atoms with Crippen molar-refractivity contribution in [2.24, 2.45) is 5.16 Å². The molecule has 0 aliphatic carbocycles. The summed E-state index contributed by atoms with van der Waals surface area (Å²) < 4.78 is 24.9. The van der Waals surface area contributed by atoms with Crippen LogP contribution in [0.1, 0.15) is 34.4 Å². The van der Waals surface area contributed by atoms with Crippen LogP contribution in [-0.2, 0) is 40.9 Å². The van der Waals surface area contributed by atoms with Crippen molar-refractivity contribution in [2.75, 3.05) is 45.7 Å². The van der Waals surface area contributed by atoms with Gasteiger partial charge in [-0.1, -0.05) is 114 Å². The largest absolute Gasteiger partial charge is 1.00 e. The van der Waals surface area contributed by atoms with Crippen LogP contribution in [0.25, 0.3) is 0 Å². The van der Waals surface area contributed by atoms with Crippen molar-refractivity contribution in [1.29, 1.82) is 0 Å². The van der Waals surface area contributed by atoms with E-state index in [1.807, 2.05) is 117 Å². The number of nitrogens with zero attached hydrogens (tertiary/aromatic N) is 4. The van der Waals surface area contributed by atoms with E-state index in [1.165, 1.54) is 28.0 Å². The molecule has 2 fully saturated rings. The van der Waals surface area contributed by atoms with Crippen LogP contribution in [0, 0.1) is 0 Å². The molecule has 3 aliphatic heterocycles. The van der Waals surface area contributed by atoms with Crippen molar-refractivity contribution >= 4 is 51.7 Å². The van der Waals surface area contributed by atoms with Gasteiger partial charge < -0.3 is 48.9 Å². The third-order valence-corrected chi connectivity index (χ3v) is 13.0. The molecule has 2 amide bonds. The molecule has 5 aromatic rings. The van der Waals surface area contributed by atoms with Gasteiger partial charge in [0.25, 0.3) is 18.7 Å². The topological polar surface area (TPSA) is 141 Å². The van der Waals surface area contributed by atoms with E-state index in [1.54, 1.807) is 36.8 Å². The monoisotopic (exact) mass is 1020 g/mol. The summed E-state index contributed by atoms with van der Waals surface area (Å²) in [6, 6.07) is 35.9. The van der Waals surface area contributed by atoms with Gasteiger partial charge in [0, 0.05) is 17.6 Å². The fourth-order valence-corrected chi connectivity index (χ4v) is 9.92. The number of β-lactam (4-membered cyclic amide) rings is 1. The minimum absolute atomic E-state index is 0. The number of carbonyl (C=O) groups excluding carboxylic acids is 3. The van der Waals surface area contributed by atoms with Crippen LogP contribution < -0.4 is 39.3 Å². The summed E-state index contributed by atoms with van der Waals surface area (Å²) in [5.41, 5.74) is 3.10. The van der Waals surface area contributed by atoms with Gasteiger partial charge in [-0.05, 0) is 46.0 Å². The maximum absolute atomic E-state index is 14.1. The Bertz CT molecular complexity index is 2430. The number of hydrogen-bond acceptors (Lipinski definition) is 12. The second kappa shape index (κ2) is 20.5. The Kier molecular flexibility index (Phi) is 14.9. The molecule has 17 heteroatoms. The van der Waals surface area contributed by atoms with Gasteiger partial charge in [0.05, 0.1) is 21.2 Å². The van der Waals surface area contributed by atoms with Crippen molar-refractivity contribution in [1.82, 2.24) is 15.2 Å². The number of quaternary nitrogens is 1. The summed E-state index contributed by atoms with van der Waals surface area (Å²) in [5, 5.41) is 11.7. The standard InChI is InChI=1S/C47H45FN6O7S2.HI/c1-54(2)26-25-37(61-54)24-21-32-28-62-44-40(43(56)53(44)41(32)45(57)59-27-31-19-22-36(58-3)23-20-31)50-42(55)39(52-60-30-48)38-29-63-46(49-38)51-47(33-13-7-4-8-14-33,34-15-9-5-10-16-34)35-17-11-6-12-18-35;/h4-24,29,37,40,44H,25-28,30H2,1-3H3,(H-,49,50,51,55);1H/b24-21+,52-39-;/t37?,40-,44-;/m1./s1. The van der Waals surface area contributed by atoms with Crippen molar-refractivity contribution in [3.8, 4) is 5.75 Å². The highest BCUT2D eigenvalue weighted by molar-refractivity contribution is 8.00. The molecule has 0 spiro atoms. The average molecular weight is 1020 g/mol. The number of hydrogen-bond donors (Lipinski definition) is 2. The van der Waals surface area contributed by atoms with Gasteiger partial charge in [0.1, 0.15) is 53.4 Å². The van der Waals surface area contributed by atoms with E-state index < -0.39 is 41.6 Å². The number of carbonyl (C=O) groups is 3. The fraction of sp³-hybridized carbons (Fsp3) is 0.255. The number of ether oxygens (including phenoxy) is 2. The maximum Gasteiger partial charge on any atom is 0.355 e. The number of halogens is 2. The number of rotatable bonds is 16. The SMILES string of the molecule is COc1ccc(COC(=O)C2=C(/C=C/C3CC[N+](C)(C)O3)CS[C@@H]3[C@H](NC(=O)/C(=N\OCF)c4csc(NC(c5ccccc5)(c5ccccc5)c5ccccc5)n4)C(=O)N23)cc1.[I-]. The van der Waals surface area contributed by atoms with Crippen molar-refractivity contribution < 1.29 is 66.5 Å². The number of methoxy groups -OCH3 is 1. The fourth-order valence-electron chi connectivity index (χ4n) is 7.85. The van der Waals surface area contributed by atoms with E-state index in [4.69, 9.17) is 24.1 Å². The van der Waals surface area contributed by atoms with Crippen LogP contribution in [-0.4, -0.2) is 95.9 Å². The quantitative estimate of drug-likeness (QED) is 0.0285. The average Bonchev–Trinajstić information content (AvgIpc) is 3.93. The minimum Gasteiger partial charge on any atom is -1.00 e. The molecule has 1 unspecified atom stereocenters. The molecule has 2 saturated heterocycles. The number of fused-ring (bicyclic) bond motifs is 1. The number of anilines is 1. The molecule has 332 valence electrons. The van der Waals surface area contributed by atoms with Crippen LogP contribution in [0.15, 0.2) is 149 Å². The highest BCUT2D eigenvalue weighted by Gasteiger charge is 2.54. The first kappa shape index (κ1) is 46.4. The van der Waals surface area contributed by atoms with Crippen LogP contribution in [0.3, 0.4) is 0 Å². The van der Waals surface area contributed by atoms with Gasteiger partial charge in [-0.25, -0.2) is 14.2 Å². The Hall–Kier alpha value is -5.60.